The van der Waals surface area contributed by atoms with E-state index in [0.29, 0.717) is 12.0 Å². The molecule has 6 heteroatoms. The van der Waals surface area contributed by atoms with Crippen molar-refractivity contribution in [2.75, 3.05) is 0 Å². The standard InChI is InChI=1S/C26H50O4Si2/c1-12-16-17-18-23(29-31(10,11)26(7,8)9)22(6)24(20-19-21(5)25(27)28)30-32(13-2,14-3)15-4/h1,19,22-24H,13-18,20H2,2-11H3,(H,27,28)/b21-19+/t22-,23-,24+/m1/s1. The number of unbranched alkanes of at least 4 members (excludes halogenated alkanes) is 1. The third-order valence-corrected chi connectivity index (χ3v) is 16.7. The van der Waals surface area contributed by atoms with Crippen molar-refractivity contribution in [3.05, 3.63) is 11.6 Å². The molecule has 0 aliphatic carbocycles. The fourth-order valence-corrected chi connectivity index (χ4v) is 8.10. The number of terminal acetylenes is 1. The molecule has 0 bridgehead atoms. The van der Waals surface area contributed by atoms with Gasteiger partial charge in [-0.25, -0.2) is 4.79 Å². The van der Waals surface area contributed by atoms with Crippen LogP contribution in [0.1, 0.15) is 81.1 Å². The number of aliphatic carboxylic acids is 1. The van der Waals surface area contributed by atoms with E-state index in [1.165, 1.54) is 0 Å². The van der Waals surface area contributed by atoms with Gasteiger partial charge in [0.25, 0.3) is 0 Å². The summed E-state index contributed by atoms with van der Waals surface area (Å²) in [5.41, 5.74) is 0.372. The molecule has 4 nitrogen and oxygen atoms in total. The van der Waals surface area contributed by atoms with E-state index in [0.717, 1.165) is 37.4 Å². The lowest BCUT2D eigenvalue weighted by atomic mass is 9.92. The van der Waals surface area contributed by atoms with Crippen LogP contribution < -0.4 is 0 Å². The minimum absolute atomic E-state index is 0.0463. The molecule has 32 heavy (non-hydrogen) atoms. The molecule has 0 aliphatic rings. The van der Waals surface area contributed by atoms with Crippen LogP contribution in [0.5, 0.6) is 0 Å². The molecule has 0 unspecified atom stereocenters. The maximum Gasteiger partial charge on any atom is 0.330 e. The Kier molecular flexibility index (Phi) is 13.4. The molecule has 0 spiro atoms. The molecule has 0 radical (unpaired) electrons. The molecule has 0 aromatic carbocycles. The van der Waals surface area contributed by atoms with Crippen LogP contribution in [0.2, 0.25) is 36.3 Å². The van der Waals surface area contributed by atoms with E-state index in [9.17, 15) is 9.90 Å². The van der Waals surface area contributed by atoms with Crippen LogP contribution in [0.3, 0.4) is 0 Å². The third kappa shape index (κ3) is 9.55. The average molecular weight is 483 g/mol. The van der Waals surface area contributed by atoms with Crippen LogP contribution in [0.15, 0.2) is 11.6 Å². The van der Waals surface area contributed by atoms with Crippen LogP contribution in [-0.4, -0.2) is 39.9 Å². The summed E-state index contributed by atoms with van der Waals surface area (Å²) in [7, 11) is -3.86. The molecule has 3 atom stereocenters. The number of carbonyl (C=O) groups is 1. The first-order valence-electron chi connectivity index (χ1n) is 12.4. The predicted octanol–water partition coefficient (Wildman–Crippen LogP) is 7.63. The summed E-state index contributed by atoms with van der Waals surface area (Å²) < 4.78 is 13.9. The molecule has 0 aromatic rings. The highest BCUT2D eigenvalue weighted by molar-refractivity contribution is 6.74. The van der Waals surface area contributed by atoms with E-state index >= 15 is 0 Å². The first-order chi connectivity index (χ1) is 14.7. The normalized spacial score (nSPS) is 16.3. The lowest BCUT2D eigenvalue weighted by Gasteiger charge is -2.44. The van der Waals surface area contributed by atoms with Gasteiger partial charge in [-0.15, -0.1) is 12.3 Å². The highest BCUT2D eigenvalue weighted by atomic mass is 28.4. The summed E-state index contributed by atoms with van der Waals surface area (Å²) in [5.74, 6) is 2.04. The number of rotatable bonds is 15. The molecular weight excluding hydrogens is 432 g/mol. The Hall–Kier alpha value is -0.876. The predicted molar refractivity (Wildman–Crippen MR) is 142 cm³/mol. The van der Waals surface area contributed by atoms with Gasteiger partial charge < -0.3 is 14.0 Å². The van der Waals surface area contributed by atoms with E-state index in [-0.39, 0.29) is 23.2 Å². The SMILES string of the molecule is C#CCCC[C@@H](O[Si](C)(C)C(C)(C)C)[C@@H](C)[C@H](C/C=C(\C)C(=O)O)O[Si](CC)(CC)CC. The second-order valence-electron chi connectivity index (χ2n) is 10.7. The first kappa shape index (κ1) is 31.1. The van der Waals surface area contributed by atoms with Gasteiger partial charge in [-0.05, 0) is 62.5 Å². The number of hydrogen-bond donors (Lipinski definition) is 1. The lowest BCUT2D eigenvalue weighted by Crippen LogP contribution is -2.49. The van der Waals surface area contributed by atoms with Gasteiger partial charge in [0, 0.05) is 17.9 Å². The van der Waals surface area contributed by atoms with Gasteiger partial charge in [0.05, 0.1) is 12.2 Å². The van der Waals surface area contributed by atoms with Crippen LogP contribution in [0.25, 0.3) is 0 Å². The zero-order valence-electron chi connectivity index (χ0n) is 22.5. The molecule has 0 aromatic heterocycles. The molecule has 0 fully saturated rings. The minimum atomic E-state index is -1.99. The van der Waals surface area contributed by atoms with E-state index < -0.39 is 22.6 Å². The molecule has 0 saturated carbocycles. The van der Waals surface area contributed by atoms with E-state index in [1.54, 1.807) is 6.92 Å². The molecule has 0 saturated heterocycles. The van der Waals surface area contributed by atoms with Crippen LogP contribution in [-0.2, 0) is 13.6 Å². The Morgan fingerprint density at radius 2 is 1.62 bits per heavy atom. The smallest absolute Gasteiger partial charge is 0.330 e. The van der Waals surface area contributed by atoms with Crippen molar-refractivity contribution in [3.63, 3.8) is 0 Å². The van der Waals surface area contributed by atoms with Crippen LogP contribution in [0, 0.1) is 18.3 Å². The molecule has 0 rings (SSSR count). The molecule has 0 amide bonds. The Morgan fingerprint density at radius 1 is 1.09 bits per heavy atom. The zero-order valence-corrected chi connectivity index (χ0v) is 24.5. The Bertz CT molecular complexity index is 631. The highest BCUT2D eigenvalue weighted by Crippen LogP contribution is 2.40. The molecule has 0 heterocycles. The fourth-order valence-electron chi connectivity index (χ4n) is 3.70. The summed E-state index contributed by atoms with van der Waals surface area (Å²) in [6.45, 7) is 22.0. The summed E-state index contributed by atoms with van der Waals surface area (Å²) >= 11 is 0. The minimum Gasteiger partial charge on any atom is -0.478 e. The Morgan fingerprint density at radius 3 is 2.03 bits per heavy atom. The van der Waals surface area contributed by atoms with Crippen molar-refractivity contribution >= 4 is 22.6 Å². The fraction of sp³-hybridized carbons (Fsp3) is 0.808. The van der Waals surface area contributed by atoms with Crippen molar-refractivity contribution in [2.45, 2.75) is 130 Å². The molecule has 186 valence electrons. The van der Waals surface area contributed by atoms with Gasteiger partial charge in [-0.3, -0.25) is 0 Å². The van der Waals surface area contributed by atoms with Gasteiger partial charge >= 0.3 is 5.97 Å². The van der Waals surface area contributed by atoms with Crippen molar-refractivity contribution in [3.8, 4) is 12.3 Å². The molecule has 1 N–H and O–H groups in total. The monoisotopic (exact) mass is 482 g/mol. The van der Waals surface area contributed by atoms with Gasteiger partial charge in [0.2, 0.25) is 0 Å². The van der Waals surface area contributed by atoms with Gasteiger partial charge in [-0.1, -0.05) is 54.5 Å². The summed E-state index contributed by atoms with van der Waals surface area (Å²) in [5, 5.41) is 9.47. The maximum absolute atomic E-state index is 11.4. The van der Waals surface area contributed by atoms with E-state index in [2.05, 4.69) is 67.5 Å². The second kappa shape index (κ2) is 13.7. The van der Waals surface area contributed by atoms with Gasteiger partial charge in [0.1, 0.15) is 0 Å². The van der Waals surface area contributed by atoms with Crippen LogP contribution in [0.4, 0.5) is 0 Å². The molecule has 0 aliphatic heterocycles. The van der Waals surface area contributed by atoms with E-state index in [1.807, 2.05) is 6.08 Å². The van der Waals surface area contributed by atoms with Gasteiger partial charge in [0.15, 0.2) is 16.6 Å². The van der Waals surface area contributed by atoms with E-state index in [4.69, 9.17) is 15.3 Å². The summed E-state index contributed by atoms with van der Waals surface area (Å²) in [6.07, 6.45) is 10.5. The Labute approximate surface area is 200 Å². The summed E-state index contributed by atoms with van der Waals surface area (Å²) in [4.78, 5) is 11.4. The number of carboxylic acids is 1. The summed E-state index contributed by atoms with van der Waals surface area (Å²) in [6, 6.07) is 3.20. The van der Waals surface area contributed by atoms with Crippen molar-refractivity contribution in [2.24, 2.45) is 5.92 Å². The van der Waals surface area contributed by atoms with Gasteiger partial charge in [-0.2, -0.15) is 0 Å². The topological polar surface area (TPSA) is 55.8 Å². The zero-order chi connectivity index (χ0) is 25.2. The maximum atomic E-state index is 11.4. The Balaban J connectivity index is 6.07. The lowest BCUT2D eigenvalue weighted by molar-refractivity contribution is -0.132. The number of carboxylic acid groups (broad SMARTS) is 1. The quantitative estimate of drug-likeness (QED) is 0.113. The highest BCUT2D eigenvalue weighted by Gasteiger charge is 2.42. The largest absolute Gasteiger partial charge is 0.478 e. The van der Waals surface area contributed by atoms with Crippen molar-refractivity contribution in [1.82, 2.24) is 0 Å². The third-order valence-electron chi connectivity index (χ3n) is 7.56. The van der Waals surface area contributed by atoms with Crippen molar-refractivity contribution < 1.29 is 18.8 Å². The average Bonchev–Trinajstić information content (AvgIpc) is 2.72. The first-order valence-corrected chi connectivity index (χ1v) is 17.8. The second-order valence-corrected chi connectivity index (χ2v) is 20.2. The number of hydrogen-bond acceptors (Lipinski definition) is 3. The van der Waals surface area contributed by atoms with Crippen molar-refractivity contribution in [1.29, 1.82) is 0 Å². The molecular formula is C26H50O4Si2. The van der Waals surface area contributed by atoms with Crippen LogP contribution >= 0.6 is 0 Å².